The fourth-order valence-electron chi connectivity index (χ4n) is 3.94. The SMILES string of the molecule is CC(C)(C)OC(=O)N1C[C@H](N)C[C@]1(CCCCB1OC(C)(C)C(C)(C)O1)C(=O)O. The Morgan fingerprint density at radius 3 is 2.21 bits per heavy atom. The van der Waals surface area contributed by atoms with Crippen molar-refractivity contribution in [2.45, 2.75) is 109 Å². The molecule has 29 heavy (non-hydrogen) atoms. The predicted octanol–water partition coefficient (Wildman–Crippen LogP) is 3.04. The number of amides is 1. The number of rotatable bonds is 6. The molecule has 166 valence electrons. The molecule has 0 aromatic carbocycles. The molecule has 1 amide bonds. The predicted molar refractivity (Wildman–Crippen MR) is 111 cm³/mol. The average molecular weight is 412 g/mol. The van der Waals surface area contributed by atoms with Crippen molar-refractivity contribution in [1.29, 1.82) is 0 Å². The lowest BCUT2D eigenvalue weighted by molar-refractivity contribution is -0.150. The van der Waals surface area contributed by atoms with E-state index in [-0.39, 0.29) is 37.3 Å². The van der Waals surface area contributed by atoms with Crippen molar-refractivity contribution in [2.24, 2.45) is 5.73 Å². The minimum atomic E-state index is -1.34. The maximum Gasteiger partial charge on any atom is 0.457 e. The van der Waals surface area contributed by atoms with E-state index in [9.17, 15) is 14.7 Å². The highest BCUT2D eigenvalue weighted by Crippen LogP contribution is 2.39. The van der Waals surface area contributed by atoms with Gasteiger partial charge in [-0.3, -0.25) is 4.90 Å². The van der Waals surface area contributed by atoms with E-state index in [0.29, 0.717) is 19.2 Å². The summed E-state index contributed by atoms with van der Waals surface area (Å²) in [5.74, 6) is -1.04. The van der Waals surface area contributed by atoms with E-state index in [0.717, 1.165) is 6.42 Å². The minimum Gasteiger partial charge on any atom is -0.479 e. The van der Waals surface area contributed by atoms with Crippen molar-refractivity contribution in [2.75, 3.05) is 6.54 Å². The molecular formula is C20H37BN2O6. The number of hydrogen-bond donors (Lipinski definition) is 2. The molecule has 3 N–H and O–H groups in total. The van der Waals surface area contributed by atoms with Crippen LogP contribution in [0.4, 0.5) is 4.79 Å². The van der Waals surface area contributed by atoms with E-state index in [1.54, 1.807) is 20.8 Å². The largest absolute Gasteiger partial charge is 0.479 e. The molecule has 2 heterocycles. The molecule has 2 aliphatic rings. The first-order chi connectivity index (χ1) is 13.1. The molecule has 0 bridgehead atoms. The summed E-state index contributed by atoms with van der Waals surface area (Å²) in [5, 5.41) is 9.99. The van der Waals surface area contributed by atoms with Gasteiger partial charge in [-0.1, -0.05) is 12.8 Å². The molecule has 0 saturated carbocycles. The molecule has 2 fully saturated rings. The van der Waals surface area contributed by atoms with Gasteiger partial charge < -0.3 is 24.9 Å². The Hall–Kier alpha value is -1.32. The molecule has 0 aromatic heterocycles. The molecule has 2 rings (SSSR count). The molecular weight excluding hydrogens is 375 g/mol. The number of ether oxygens (including phenoxy) is 1. The van der Waals surface area contributed by atoms with Crippen molar-refractivity contribution in [3.05, 3.63) is 0 Å². The maximum atomic E-state index is 12.7. The lowest BCUT2D eigenvalue weighted by atomic mass is 9.80. The van der Waals surface area contributed by atoms with Crippen LogP contribution in [0, 0.1) is 0 Å². The van der Waals surface area contributed by atoms with Crippen LogP contribution < -0.4 is 5.73 Å². The number of hydrogen-bond acceptors (Lipinski definition) is 6. The zero-order valence-electron chi connectivity index (χ0n) is 18.9. The fourth-order valence-corrected chi connectivity index (χ4v) is 3.94. The molecule has 9 heteroatoms. The Balaban J connectivity index is 1.99. The van der Waals surface area contributed by atoms with E-state index in [1.165, 1.54) is 4.90 Å². The Morgan fingerprint density at radius 2 is 1.72 bits per heavy atom. The number of nitrogens with zero attached hydrogens (tertiary/aromatic N) is 1. The first-order valence-electron chi connectivity index (χ1n) is 10.4. The summed E-state index contributed by atoms with van der Waals surface area (Å²) < 4.78 is 17.4. The molecule has 0 aromatic rings. The lowest BCUT2D eigenvalue weighted by Crippen LogP contribution is -2.54. The monoisotopic (exact) mass is 412 g/mol. The van der Waals surface area contributed by atoms with Crippen molar-refractivity contribution in [3.63, 3.8) is 0 Å². The van der Waals surface area contributed by atoms with Gasteiger partial charge in [0.15, 0.2) is 0 Å². The molecule has 2 saturated heterocycles. The summed E-state index contributed by atoms with van der Waals surface area (Å²) in [4.78, 5) is 26.2. The van der Waals surface area contributed by atoms with Gasteiger partial charge in [-0.25, -0.2) is 9.59 Å². The number of carboxylic acids is 1. The lowest BCUT2D eigenvalue weighted by Gasteiger charge is -2.35. The number of carbonyl (C=O) groups is 2. The van der Waals surface area contributed by atoms with Crippen LogP contribution in [0.3, 0.4) is 0 Å². The molecule has 0 radical (unpaired) electrons. The maximum absolute atomic E-state index is 12.7. The van der Waals surface area contributed by atoms with Crippen LogP contribution in [0.1, 0.15) is 74.1 Å². The highest BCUT2D eigenvalue weighted by Gasteiger charge is 2.54. The van der Waals surface area contributed by atoms with Gasteiger partial charge in [0.1, 0.15) is 11.1 Å². The van der Waals surface area contributed by atoms with Gasteiger partial charge in [0, 0.05) is 12.6 Å². The van der Waals surface area contributed by atoms with Crippen molar-refractivity contribution >= 4 is 19.2 Å². The molecule has 2 aliphatic heterocycles. The summed E-state index contributed by atoms with van der Waals surface area (Å²) in [6, 6.07) is -0.387. The van der Waals surface area contributed by atoms with Crippen molar-refractivity contribution in [3.8, 4) is 0 Å². The van der Waals surface area contributed by atoms with E-state index in [1.807, 2.05) is 27.7 Å². The second-order valence-corrected chi connectivity index (χ2v) is 10.3. The van der Waals surface area contributed by atoms with Gasteiger partial charge in [-0.2, -0.15) is 0 Å². The third-order valence-electron chi connectivity index (χ3n) is 6.13. The number of unbranched alkanes of at least 4 members (excludes halogenated alkanes) is 1. The van der Waals surface area contributed by atoms with Gasteiger partial charge in [-0.15, -0.1) is 0 Å². The fraction of sp³-hybridized carbons (Fsp3) is 0.900. The third-order valence-corrected chi connectivity index (χ3v) is 6.13. The number of likely N-dealkylation sites (tertiary alicyclic amines) is 1. The van der Waals surface area contributed by atoms with E-state index in [2.05, 4.69) is 0 Å². The van der Waals surface area contributed by atoms with Crippen LogP contribution in [0.15, 0.2) is 0 Å². The second kappa shape index (κ2) is 8.08. The quantitative estimate of drug-likeness (QED) is 0.509. The highest BCUT2D eigenvalue weighted by atomic mass is 16.7. The van der Waals surface area contributed by atoms with Gasteiger partial charge in [0.05, 0.1) is 11.2 Å². The highest BCUT2D eigenvalue weighted by molar-refractivity contribution is 6.45. The van der Waals surface area contributed by atoms with E-state index >= 15 is 0 Å². The number of carbonyl (C=O) groups excluding carboxylic acids is 1. The average Bonchev–Trinajstić information content (AvgIpc) is 2.96. The molecule has 0 unspecified atom stereocenters. The molecule has 2 atom stereocenters. The summed E-state index contributed by atoms with van der Waals surface area (Å²) in [7, 11) is -0.312. The number of carboxylic acid groups (broad SMARTS) is 1. The Kier molecular flexibility index (Phi) is 6.67. The normalized spacial score (nSPS) is 28.6. The van der Waals surface area contributed by atoms with Gasteiger partial charge in [-0.05, 0) is 67.6 Å². The van der Waals surface area contributed by atoms with Crippen LogP contribution in [-0.4, -0.2) is 64.1 Å². The summed E-state index contributed by atoms with van der Waals surface area (Å²) in [6.07, 6.45) is 1.92. The Labute approximate surface area is 174 Å². The minimum absolute atomic E-state index is 0.179. The third kappa shape index (κ3) is 5.24. The molecule has 0 spiro atoms. The summed E-state index contributed by atoms with van der Waals surface area (Å²) in [6.45, 7) is 13.5. The summed E-state index contributed by atoms with van der Waals surface area (Å²) in [5.41, 5.74) is 3.25. The summed E-state index contributed by atoms with van der Waals surface area (Å²) >= 11 is 0. The number of nitrogens with two attached hydrogens (primary N) is 1. The van der Waals surface area contributed by atoms with Crippen LogP contribution in [-0.2, 0) is 18.8 Å². The Bertz CT molecular complexity index is 617. The van der Waals surface area contributed by atoms with Crippen molar-refractivity contribution in [1.82, 2.24) is 4.90 Å². The smallest absolute Gasteiger partial charge is 0.457 e. The zero-order chi connectivity index (χ0) is 22.3. The van der Waals surface area contributed by atoms with Crippen LogP contribution >= 0.6 is 0 Å². The van der Waals surface area contributed by atoms with E-state index < -0.39 is 23.2 Å². The van der Waals surface area contributed by atoms with Crippen molar-refractivity contribution < 1.29 is 28.7 Å². The van der Waals surface area contributed by atoms with Gasteiger partial charge in [0.2, 0.25) is 0 Å². The van der Waals surface area contributed by atoms with Gasteiger partial charge >= 0.3 is 19.2 Å². The first-order valence-corrected chi connectivity index (χ1v) is 10.4. The first kappa shape index (κ1) is 24.0. The molecule has 8 nitrogen and oxygen atoms in total. The Morgan fingerprint density at radius 1 is 1.17 bits per heavy atom. The van der Waals surface area contributed by atoms with Crippen LogP contribution in [0.5, 0.6) is 0 Å². The van der Waals surface area contributed by atoms with E-state index in [4.69, 9.17) is 19.8 Å². The van der Waals surface area contributed by atoms with Crippen LogP contribution in [0.2, 0.25) is 6.32 Å². The zero-order valence-corrected chi connectivity index (χ0v) is 18.9. The second-order valence-electron chi connectivity index (χ2n) is 10.3. The van der Waals surface area contributed by atoms with Gasteiger partial charge in [0.25, 0.3) is 0 Å². The van der Waals surface area contributed by atoms with Crippen LogP contribution in [0.25, 0.3) is 0 Å². The topological polar surface area (TPSA) is 111 Å². The number of aliphatic carboxylic acids is 1. The molecule has 0 aliphatic carbocycles. The standard InChI is InChI=1S/C20H37BN2O6/c1-17(2,3)27-16(26)23-13-14(22)12-20(23,15(24)25)10-8-9-11-21-28-18(4,5)19(6,7)29-21/h14H,8-13,22H2,1-7H3,(H,24,25)/t14-,20-/m1/s1.